The van der Waals surface area contributed by atoms with E-state index in [4.69, 9.17) is 18.9 Å². The van der Waals surface area contributed by atoms with Crippen molar-refractivity contribution in [3.8, 4) is 0 Å². The molecule has 0 N–H and O–H groups in total. The van der Waals surface area contributed by atoms with Gasteiger partial charge in [0.2, 0.25) is 0 Å². The lowest BCUT2D eigenvalue weighted by Gasteiger charge is -2.26. The van der Waals surface area contributed by atoms with Crippen molar-refractivity contribution in [2.24, 2.45) is 0 Å². The van der Waals surface area contributed by atoms with Gasteiger partial charge >= 0.3 is 11.9 Å². The van der Waals surface area contributed by atoms with Gasteiger partial charge in [-0.2, -0.15) is 0 Å². The van der Waals surface area contributed by atoms with Crippen LogP contribution in [0.3, 0.4) is 0 Å². The number of ether oxygens (including phenoxy) is 4. The molecule has 0 heterocycles. The topological polar surface area (TPSA) is 111 Å². The molecule has 2 atom stereocenters. The van der Waals surface area contributed by atoms with Gasteiger partial charge in [0.25, 0.3) is 0 Å². The molecule has 9 heteroatoms. The molecule has 476 valence electrons. The summed E-state index contributed by atoms with van der Waals surface area (Å²) in [6, 6.07) is 0. The Balaban J connectivity index is 4.18. The molecule has 2 unspecified atom stereocenters. The fourth-order valence-corrected chi connectivity index (χ4v) is 9.31. The third-order valence-electron chi connectivity index (χ3n) is 14.5. The molecular formula is C74H127NO8. The number of carboxylic acid groups (broad SMARTS) is 1. The van der Waals surface area contributed by atoms with Gasteiger partial charge in [-0.25, -0.2) is 0 Å². The van der Waals surface area contributed by atoms with Gasteiger partial charge in [-0.1, -0.05) is 277 Å². The molecule has 0 saturated heterocycles. The van der Waals surface area contributed by atoms with Crippen LogP contribution in [0.2, 0.25) is 0 Å². The Hall–Kier alpha value is -4.05. The Labute approximate surface area is 511 Å². The molecule has 0 saturated carbocycles. The quantitative estimate of drug-likeness (QED) is 0.0195. The number of esters is 2. The lowest BCUT2D eigenvalue weighted by molar-refractivity contribution is -0.870. The molecular weight excluding hydrogens is 1030 g/mol. The summed E-state index contributed by atoms with van der Waals surface area (Å²) in [4.78, 5) is 37.5. The van der Waals surface area contributed by atoms with Gasteiger partial charge in [0, 0.05) is 12.8 Å². The minimum atomic E-state index is -1.63. The molecule has 0 radical (unpaired) electrons. The van der Waals surface area contributed by atoms with Crippen LogP contribution in [0.1, 0.15) is 284 Å². The second kappa shape index (κ2) is 64.0. The molecule has 0 aliphatic heterocycles. The molecule has 0 bridgehead atoms. The Bertz CT molecular complexity index is 1730. The van der Waals surface area contributed by atoms with Crippen LogP contribution in [0.5, 0.6) is 0 Å². The number of carbonyl (C=O) groups excluding carboxylic acids is 3. The minimum Gasteiger partial charge on any atom is -0.545 e. The van der Waals surface area contributed by atoms with Crippen molar-refractivity contribution in [1.82, 2.24) is 0 Å². The van der Waals surface area contributed by atoms with Gasteiger partial charge in [0.15, 0.2) is 12.4 Å². The zero-order valence-corrected chi connectivity index (χ0v) is 54.3. The van der Waals surface area contributed by atoms with Gasteiger partial charge in [-0.3, -0.25) is 9.59 Å². The Kier molecular flexibility index (Phi) is 60.8. The highest BCUT2D eigenvalue weighted by Gasteiger charge is 2.22. The highest BCUT2D eigenvalue weighted by atomic mass is 16.7. The Morgan fingerprint density at radius 1 is 0.373 bits per heavy atom. The van der Waals surface area contributed by atoms with Gasteiger partial charge in [0.1, 0.15) is 13.2 Å². The zero-order chi connectivity index (χ0) is 60.5. The smallest absolute Gasteiger partial charge is 0.306 e. The van der Waals surface area contributed by atoms with E-state index in [9.17, 15) is 19.5 Å². The van der Waals surface area contributed by atoms with Crippen LogP contribution in [-0.4, -0.2) is 82.3 Å². The van der Waals surface area contributed by atoms with Crippen LogP contribution in [-0.2, 0) is 33.3 Å². The van der Waals surface area contributed by atoms with Crippen LogP contribution in [0.15, 0.2) is 109 Å². The van der Waals surface area contributed by atoms with Gasteiger partial charge in [-0.15, -0.1) is 0 Å². The zero-order valence-electron chi connectivity index (χ0n) is 54.3. The Morgan fingerprint density at radius 3 is 1.02 bits per heavy atom. The molecule has 0 aliphatic carbocycles. The predicted octanol–water partition coefficient (Wildman–Crippen LogP) is 19.7. The summed E-state index contributed by atoms with van der Waals surface area (Å²) in [5.41, 5.74) is 0. The van der Waals surface area contributed by atoms with E-state index in [0.717, 1.165) is 96.3 Å². The number of aliphatic carboxylic acids is 1. The maximum absolute atomic E-state index is 12.9. The number of allylic oxidation sites excluding steroid dienone is 18. The third kappa shape index (κ3) is 65.3. The highest BCUT2D eigenvalue weighted by molar-refractivity contribution is 5.70. The standard InChI is InChI=1S/C74H127NO8/c1-6-8-10-12-14-16-18-20-22-24-26-28-30-32-34-35-36-37-39-41-43-45-47-49-51-53-55-57-59-61-63-65-72(77)83-70(69-82-74(73(78)79)80-67-66-75(3,4)5)68-81-71(76)64-62-60-58-56-54-52-50-48-46-44-42-40-38-33-31-29-27-25-23-21-19-17-15-13-11-9-7-2/h8,10,14,16,19-22,25-28,32,34,36-37,41,43,70,74H,6-7,9,11-13,15,17-18,23-24,29-31,33,35,38-40,42,44-69H2,1-5H3/b10-8-,16-14-,21-19-,22-20-,27-25-,28-26-,34-32-,37-36-,43-41-. The van der Waals surface area contributed by atoms with Crippen LogP contribution in [0.4, 0.5) is 0 Å². The molecule has 83 heavy (non-hydrogen) atoms. The number of likely N-dealkylation sites (N-methyl/N-ethyl adjacent to an activating group) is 1. The first-order chi connectivity index (χ1) is 40.6. The summed E-state index contributed by atoms with van der Waals surface area (Å²) in [7, 11) is 5.92. The van der Waals surface area contributed by atoms with Crippen LogP contribution >= 0.6 is 0 Å². The fourth-order valence-electron chi connectivity index (χ4n) is 9.31. The number of hydrogen-bond donors (Lipinski definition) is 0. The third-order valence-corrected chi connectivity index (χ3v) is 14.5. The first-order valence-electron chi connectivity index (χ1n) is 34.0. The maximum atomic E-state index is 12.9. The summed E-state index contributed by atoms with van der Waals surface area (Å²) in [5.74, 6) is -2.29. The van der Waals surface area contributed by atoms with Gasteiger partial charge < -0.3 is 33.3 Å². The van der Waals surface area contributed by atoms with E-state index in [1.165, 1.54) is 154 Å². The second-order valence-electron chi connectivity index (χ2n) is 23.7. The summed E-state index contributed by atoms with van der Waals surface area (Å²) < 4.78 is 22.8. The average molecular weight is 1160 g/mol. The van der Waals surface area contributed by atoms with E-state index in [-0.39, 0.29) is 38.6 Å². The van der Waals surface area contributed by atoms with Gasteiger partial charge in [-0.05, 0) is 103 Å². The van der Waals surface area contributed by atoms with Crippen molar-refractivity contribution in [2.75, 3.05) is 47.5 Å². The van der Waals surface area contributed by atoms with Crippen molar-refractivity contribution in [3.05, 3.63) is 109 Å². The van der Waals surface area contributed by atoms with Crippen molar-refractivity contribution in [2.45, 2.75) is 296 Å². The predicted molar refractivity (Wildman–Crippen MR) is 352 cm³/mol. The molecule has 0 aliphatic rings. The van der Waals surface area contributed by atoms with Crippen molar-refractivity contribution < 1.29 is 42.9 Å². The van der Waals surface area contributed by atoms with E-state index >= 15 is 0 Å². The second-order valence-corrected chi connectivity index (χ2v) is 23.7. The number of carbonyl (C=O) groups is 3. The molecule has 0 amide bonds. The lowest BCUT2D eigenvalue weighted by atomic mass is 10.0. The maximum Gasteiger partial charge on any atom is 0.306 e. The van der Waals surface area contributed by atoms with E-state index in [1.807, 2.05) is 21.1 Å². The SMILES string of the molecule is CC/C=C\C/C=C\C/C=C\C/C=C\C/C=C\C/C=C\C/C=C\CCCCCCCCCCCC(=O)OC(COC(=O)CCCCCCCCCCCCCCCCC/C=C\C/C=C\CCCCCCC)COC(OCC[N+](C)(C)C)C(=O)[O-]. The number of nitrogens with zero attached hydrogens (tertiary/aromatic N) is 1. The summed E-state index contributed by atoms with van der Waals surface area (Å²) in [5, 5.41) is 11.8. The molecule has 0 aromatic heterocycles. The van der Waals surface area contributed by atoms with Crippen molar-refractivity contribution >= 4 is 17.9 Å². The summed E-state index contributed by atoms with van der Waals surface area (Å²) >= 11 is 0. The molecule has 0 spiro atoms. The van der Waals surface area contributed by atoms with Crippen molar-refractivity contribution in [1.29, 1.82) is 0 Å². The van der Waals surface area contributed by atoms with E-state index < -0.39 is 24.3 Å². The summed E-state index contributed by atoms with van der Waals surface area (Å²) in [6.07, 6.45) is 85.8. The van der Waals surface area contributed by atoms with E-state index in [2.05, 4.69) is 123 Å². The van der Waals surface area contributed by atoms with Gasteiger partial charge in [0.05, 0.1) is 40.3 Å². The number of carboxylic acids is 1. The summed E-state index contributed by atoms with van der Waals surface area (Å²) in [6.45, 7) is 4.63. The number of rotatable bonds is 62. The largest absolute Gasteiger partial charge is 0.545 e. The number of hydrogen-bond acceptors (Lipinski definition) is 8. The van der Waals surface area contributed by atoms with Crippen LogP contribution < -0.4 is 5.11 Å². The minimum absolute atomic E-state index is 0.142. The number of unbranched alkanes of at least 4 members (excludes halogenated alkanes) is 29. The first kappa shape index (κ1) is 79.0. The van der Waals surface area contributed by atoms with Crippen LogP contribution in [0.25, 0.3) is 0 Å². The monoisotopic (exact) mass is 1160 g/mol. The first-order valence-corrected chi connectivity index (χ1v) is 34.0. The van der Waals surface area contributed by atoms with E-state index in [0.29, 0.717) is 17.4 Å². The lowest BCUT2D eigenvalue weighted by Crippen LogP contribution is -2.44. The van der Waals surface area contributed by atoms with Crippen molar-refractivity contribution in [3.63, 3.8) is 0 Å². The van der Waals surface area contributed by atoms with Crippen LogP contribution in [0, 0.1) is 0 Å². The number of quaternary nitrogens is 1. The fraction of sp³-hybridized carbons (Fsp3) is 0.716. The highest BCUT2D eigenvalue weighted by Crippen LogP contribution is 2.17. The molecule has 0 aromatic carbocycles. The Morgan fingerprint density at radius 2 is 0.687 bits per heavy atom. The normalized spacial score (nSPS) is 13.4. The van der Waals surface area contributed by atoms with E-state index in [1.54, 1.807) is 0 Å². The molecule has 0 rings (SSSR count). The molecule has 9 nitrogen and oxygen atoms in total. The molecule has 0 fully saturated rings. The molecule has 0 aromatic rings. The average Bonchev–Trinajstić information content (AvgIpc) is 3.46.